The monoisotopic (exact) mass is 2370 g/mol. The molecule has 22 heteroatoms. The molecule has 0 amide bonds. The van der Waals surface area contributed by atoms with Crippen molar-refractivity contribution in [3.63, 3.8) is 0 Å². The number of halogens is 3. The molecule has 20 aromatic rings. The second-order valence-corrected chi connectivity index (χ2v) is 34.5. The van der Waals surface area contributed by atoms with Crippen molar-refractivity contribution in [3.05, 3.63) is 436 Å². The fraction of sp³-hybridized carbons (Fsp3) is 0.144. The third-order valence-electron chi connectivity index (χ3n) is 24.6. The fourth-order valence-electron chi connectivity index (χ4n) is 18.8. The number of para-hydroxylation sites is 6. The fourth-order valence-corrected chi connectivity index (χ4v) is 18.8. The van der Waals surface area contributed by atoms with Gasteiger partial charge in [0.25, 0.3) is 0 Å². The van der Waals surface area contributed by atoms with Gasteiger partial charge in [-0.1, -0.05) is 265 Å². The molecular weight excluding hydrogens is 2280 g/mol. The van der Waals surface area contributed by atoms with Gasteiger partial charge in [0.15, 0.2) is 17.1 Å². The number of nitriles is 3. The van der Waals surface area contributed by atoms with Gasteiger partial charge in [-0.3, -0.25) is 31.9 Å². The quantitative estimate of drug-likeness (QED) is 0.107. The summed E-state index contributed by atoms with van der Waals surface area (Å²) < 4.78 is 62.4. The number of aryl methyl sites for hydroxylation is 6. The second-order valence-electron chi connectivity index (χ2n) is 34.5. The van der Waals surface area contributed by atoms with Gasteiger partial charge in [0.1, 0.15) is 23.8 Å². The first-order valence-electron chi connectivity index (χ1n) is 44.2. The molecule has 0 fully saturated rings. The number of fused-ring (bicyclic) bond motifs is 10. The molecule has 140 heavy (non-hydrogen) atoms. The number of nitrogens with zero attached hydrogens (tertiary/aromatic N) is 15. The van der Waals surface area contributed by atoms with E-state index in [-0.39, 0.29) is 127 Å². The molecule has 7 heterocycles. The number of hydrogen-bond acceptors (Lipinski definition) is 10. The Hall–Kier alpha value is -15.2. The smallest absolute Gasteiger partial charge is 0.513 e. The maximum Gasteiger partial charge on any atom is 3.00 e. The maximum absolute atomic E-state index is 16.5. The van der Waals surface area contributed by atoms with Gasteiger partial charge >= 0.3 is 20.1 Å². The second kappa shape index (κ2) is 43.2. The van der Waals surface area contributed by atoms with E-state index in [0.717, 1.165) is 156 Å². The summed E-state index contributed by atoms with van der Waals surface area (Å²) in [5.41, 5.74) is 27.9. The zero-order valence-corrected chi connectivity index (χ0v) is 84.5. The van der Waals surface area contributed by atoms with Crippen molar-refractivity contribution in [3.8, 4) is 103 Å². The van der Waals surface area contributed by atoms with Gasteiger partial charge in [-0.15, -0.1) is 28.4 Å². The van der Waals surface area contributed by atoms with Crippen LogP contribution in [-0.4, -0.2) is 43.7 Å². The summed E-state index contributed by atoms with van der Waals surface area (Å²) in [5, 5.41) is 51.4. The Balaban J connectivity index is 0.000000150. The average molecular weight is 2370 g/mol. The van der Waals surface area contributed by atoms with Gasteiger partial charge in [0, 0.05) is 133 Å². The minimum atomic E-state index is -0.485. The Morgan fingerprint density at radius 2 is 0.993 bits per heavy atom. The number of furan rings is 1. The average Bonchev–Trinajstić information content (AvgIpc) is 1.56. The number of aromatic nitrogens is 9. The first-order chi connectivity index (χ1) is 65.4. The van der Waals surface area contributed by atoms with Crippen molar-refractivity contribution in [1.29, 1.82) is 15.8 Å². The standard InChI is InChI=1S/C31H22FN4.C28H23FN3.C28H25FN3.C15H9N2O.C14H9N3.2CH4.3Ir/c1-19-15-20(2)29(21(3)16-19)28-17-22(18-33)34-36(28)27-14-13-26-30(31(27)32)24-11-7-8-12-25(24)35(26)23-9-5-4-6-10-23;1-16-12-17(2)25(18(3)13-16)24-14-19(15-30)31-32(24)23-11-10-21-20-8-6-7-9-22(20)28(4,5)26(21)27(23)29;1-18(2)23-11-8-12-24(19(3)4)28(23)27-16-22(17-30)31-32(27)26-14-13-21(15-25(26)29)20-9-6-5-7-10-20;1-2-8-14-11(5-1)12-6-3-7-13(15(12)18-14)17-10-4-9-16-17;1-15-17-11-16(12-7-3-2-4-8-12)13-9-5-6-10-14(13)17;;;;;/h4-13,15-17H,1-3H3;6-10,12-14H,1-5H3;5-13,15-16,18-19H,1-4H3;1-6,8-10H;2-7,9-11H;2*1H4;;;/q4*-1;-2;;;;;+3. The van der Waals surface area contributed by atoms with E-state index in [4.69, 9.17) is 11.0 Å². The van der Waals surface area contributed by atoms with E-state index in [9.17, 15) is 15.8 Å². The van der Waals surface area contributed by atoms with Crippen LogP contribution in [0.4, 0.5) is 30.2 Å². The largest absolute Gasteiger partial charge is 3.00 e. The third-order valence-corrected chi connectivity index (χ3v) is 24.6. The van der Waals surface area contributed by atoms with Gasteiger partial charge in [-0.05, 0) is 168 Å². The molecule has 700 valence electrons. The van der Waals surface area contributed by atoms with Crippen LogP contribution in [0.15, 0.2) is 302 Å². The summed E-state index contributed by atoms with van der Waals surface area (Å²) >= 11 is 0. The van der Waals surface area contributed by atoms with Crippen molar-refractivity contribution < 1.29 is 77.9 Å². The zero-order chi connectivity index (χ0) is 94.2. The van der Waals surface area contributed by atoms with Crippen molar-refractivity contribution in [2.24, 2.45) is 0 Å². The molecular formula is C118H96F3Ir3N15O-3. The van der Waals surface area contributed by atoms with Crippen LogP contribution in [0.5, 0.6) is 0 Å². The van der Waals surface area contributed by atoms with Crippen LogP contribution in [0, 0.1) is 137 Å². The van der Waals surface area contributed by atoms with Gasteiger partial charge in [-0.2, -0.15) is 138 Å². The van der Waals surface area contributed by atoms with E-state index < -0.39 is 17.0 Å². The summed E-state index contributed by atoms with van der Waals surface area (Å²) in [6, 6.07) is 114. The normalized spacial score (nSPS) is 11.6. The minimum Gasteiger partial charge on any atom is -0.513 e. The predicted molar refractivity (Wildman–Crippen MR) is 542 cm³/mol. The van der Waals surface area contributed by atoms with Crippen LogP contribution in [0.3, 0.4) is 0 Å². The summed E-state index contributed by atoms with van der Waals surface area (Å²) in [7, 11) is 0. The van der Waals surface area contributed by atoms with E-state index in [2.05, 4.69) is 163 Å². The number of anilines is 3. The maximum atomic E-state index is 16.5. The van der Waals surface area contributed by atoms with Gasteiger partial charge in [0.05, 0.1) is 22.8 Å². The molecule has 0 N–H and O–H groups in total. The Morgan fingerprint density at radius 3 is 1.56 bits per heavy atom. The van der Waals surface area contributed by atoms with E-state index in [1.54, 1.807) is 41.8 Å². The molecule has 16 nitrogen and oxygen atoms in total. The summed E-state index contributed by atoms with van der Waals surface area (Å²) in [5.74, 6) is -0.693. The van der Waals surface area contributed by atoms with Gasteiger partial charge in [-0.25, -0.2) is 0 Å². The Kier molecular flexibility index (Phi) is 31.6. The van der Waals surface area contributed by atoms with Crippen LogP contribution in [0.25, 0.3) is 133 Å². The summed E-state index contributed by atoms with van der Waals surface area (Å²) in [6.45, 7) is 33.8. The number of hydrogen-bond donors (Lipinski definition) is 0. The van der Waals surface area contributed by atoms with E-state index in [1.165, 1.54) is 25.1 Å². The van der Waals surface area contributed by atoms with Crippen LogP contribution < -0.4 is 9.91 Å². The molecule has 0 saturated carbocycles. The van der Waals surface area contributed by atoms with E-state index >= 15 is 13.2 Å². The molecule has 1 aliphatic heterocycles. The predicted octanol–water partition coefficient (Wildman–Crippen LogP) is 29.5. The molecule has 0 saturated heterocycles. The SMILES string of the molecule is C.C.CC(C)c1cccc(C(C)C)c1-c1cc(C#N)nn1-c1[c-]cc(-c2ccccc2)cc1F.Cc1cc(C)c(-c2cc(C#N)nn2-c2[c-]cc3c(c2F)C(C)(C)c2ccccc2-3)c(C)c1.Cc1cc(C)c(-c2cc(C#N)nn2-c2[c-]cc3c(c2F)c2ccccc2n3-c2ccccc2)c(C)c1.[C-]#[N+]N1[CH-]N(c2[c-]cccc2)c2ccccc21.[Ir+3].[Ir].[Ir].[c-]1ccc2c(oc3ccccc32)c1-n1cccn1. The Labute approximate surface area is 855 Å². The first kappa shape index (κ1) is 102. The summed E-state index contributed by atoms with van der Waals surface area (Å²) in [4.78, 5) is 5.44. The van der Waals surface area contributed by atoms with Crippen molar-refractivity contribution in [2.45, 2.75) is 115 Å². The molecule has 1 aliphatic carbocycles. The number of benzene rings is 14. The first-order valence-corrected chi connectivity index (χ1v) is 44.2. The third kappa shape index (κ3) is 19.4. The molecule has 6 aromatic heterocycles. The molecule has 22 rings (SSSR count). The minimum absolute atomic E-state index is 0. The molecule has 2 radical (unpaired) electrons. The van der Waals surface area contributed by atoms with Crippen LogP contribution in [0.1, 0.15) is 141 Å². The number of rotatable bonds is 12. The molecule has 14 aromatic carbocycles. The zero-order valence-electron chi connectivity index (χ0n) is 77.3. The van der Waals surface area contributed by atoms with Crippen molar-refractivity contribution in [1.82, 2.24) is 43.7 Å². The van der Waals surface area contributed by atoms with Crippen molar-refractivity contribution >= 4 is 60.8 Å². The Morgan fingerprint density at radius 1 is 0.471 bits per heavy atom. The van der Waals surface area contributed by atoms with Gasteiger partial charge in [0.2, 0.25) is 0 Å². The van der Waals surface area contributed by atoms with Crippen LogP contribution >= 0.6 is 0 Å². The summed E-state index contributed by atoms with van der Waals surface area (Å²) in [6.07, 6.45) is 3.63. The molecule has 0 bridgehead atoms. The van der Waals surface area contributed by atoms with Crippen LogP contribution in [-0.2, 0) is 65.7 Å². The van der Waals surface area contributed by atoms with Crippen LogP contribution in [0.2, 0.25) is 0 Å². The van der Waals surface area contributed by atoms with E-state index in [0.29, 0.717) is 28.0 Å². The van der Waals surface area contributed by atoms with Gasteiger partial charge < -0.3 is 13.9 Å². The molecule has 0 spiro atoms. The Bertz CT molecular complexity index is 8070. The topological polar surface area (TPSA) is 172 Å². The molecule has 0 unspecified atom stereocenters. The van der Waals surface area contributed by atoms with Crippen molar-refractivity contribution in [2.75, 3.05) is 9.91 Å². The molecule has 0 atom stereocenters. The molecule has 2 aliphatic rings. The van der Waals surface area contributed by atoms with E-state index in [1.807, 2.05) is 264 Å².